The maximum atomic E-state index is 13.0. The van der Waals surface area contributed by atoms with Crippen molar-refractivity contribution < 1.29 is 31.8 Å². The Morgan fingerprint density at radius 1 is 0.972 bits per heavy atom. The lowest BCUT2D eigenvalue weighted by molar-refractivity contribution is -0.122. The number of nitrogens with one attached hydrogen (secondary N) is 1. The lowest BCUT2D eigenvalue weighted by Crippen LogP contribution is -2.40. The van der Waals surface area contributed by atoms with Gasteiger partial charge in [0.25, 0.3) is 0 Å². The first-order valence-corrected chi connectivity index (χ1v) is 11.1. The van der Waals surface area contributed by atoms with Crippen LogP contribution in [-0.2, 0) is 11.2 Å². The molecule has 3 rings (SSSR count). The third-order valence-corrected chi connectivity index (χ3v) is 5.28. The summed E-state index contributed by atoms with van der Waals surface area (Å²) in [4.78, 5) is 23.3. The number of hydrogen-bond acceptors (Lipinski definition) is 6. The average Bonchev–Trinajstić information content (AvgIpc) is 2.85. The molecule has 0 aliphatic heterocycles. The van der Waals surface area contributed by atoms with Gasteiger partial charge < -0.3 is 19.7 Å². The molecule has 0 saturated carbocycles. The van der Waals surface area contributed by atoms with E-state index in [1.165, 1.54) is 13.1 Å². The number of amides is 1. The fourth-order valence-electron chi connectivity index (χ4n) is 3.69. The summed E-state index contributed by atoms with van der Waals surface area (Å²) in [7, 11) is 1.49. The third kappa shape index (κ3) is 7.30. The predicted molar refractivity (Wildman–Crippen MR) is 125 cm³/mol. The summed E-state index contributed by atoms with van der Waals surface area (Å²) >= 11 is 0. The van der Waals surface area contributed by atoms with Gasteiger partial charge in [0, 0.05) is 37.7 Å². The first-order valence-electron chi connectivity index (χ1n) is 11.1. The van der Waals surface area contributed by atoms with Crippen molar-refractivity contribution in [1.29, 1.82) is 0 Å². The molecule has 0 fully saturated rings. The summed E-state index contributed by atoms with van der Waals surface area (Å²) < 4.78 is 60.5. The van der Waals surface area contributed by atoms with Crippen LogP contribution in [0.3, 0.4) is 0 Å². The number of ether oxygens (including phenoxy) is 2. The lowest BCUT2D eigenvalue weighted by Gasteiger charge is -2.33. The fourth-order valence-corrected chi connectivity index (χ4v) is 3.69. The van der Waals surface area contributed by atoms with Gasteiger partial charge in [0.05, 0.1) is 11.4 Å². The molecule has 1 aromatic heterocycles. The van der Waals surface area contributed by atoms with Gasteiger partial charge in [-0.25, -0.2) is 0 Å². The van der Waals surface area contributed by atoms with Crippen LogP contribution in [0.5, 0.6) is 11.5 Å². The van der Waals surface area contributed by atoms with E-state index in [-0.39, 0.29) is 5.91 Å². The molecule has 1 unspecified atom stereocenters. The van der Waals surface area contributed by atoms with E-state index in [2.05, 4.69) is 24.8 Å². The minimum absolute atomic E-state index is 0.297. The number of hydrogen-bond donors (Lipinski definition) is 1. The highest BCUT2D eigenvalue weighted by molar-refractivity contribution is 5.86. The molecule has 0 radical (unpaired) electrons. The molecule has 1 atom stereocenters. The molecular formula is C25H26F4N4O3. The maximum absolute atomic E-state index is 13.0. The Hall–Kier alpha value is -3.89. The smallest absolute Gasteiger partial charge is 0.387 e. The second kappa shape index (κ2) is 12.7. The van der Waals surface area contributed by atoms with Gasteiger partial charge in [0.1, 0.15) is 6.04 Å². The van der Waals surface area contributed by atoms with Gasteiger partial charge in [-0.05, 0) is 37.5 Å². The quantitative estimate of drug-likeness (QED) is 0.352. The van der Waals surface area contributed by atoms with Crippen LogP contribution in [0.15, 0.2) is 60.9 Å². The molecule has 0 saturated heterocycles. The summed E-state index contributed by atoms with van der Waals surface area (Å²) in [6.07, 6.45) is 4.38. The number of nitrogens with zero attached hydrogens (tertiary/aromatic N) is 3. The fraction of sp³-hybridized carbons (Fsp3) is 0.320. The lowest BCUT2D eigenvalue weighted by atomic mass is 10.0. The van der Waals surface area contributed by atoms with Gasteiger partial charge in [0.15, 0.2) is 11.5 Å². The Bertz CT molecular complexity index is 1120. The molecule has 1 N–H and O–H groups in total. The standard InChI is InChI=1S/C25H26F4N4O3/c1-16-14-32-18(15-31-16)9-6-12-33(22(23(34)30-2)17-7-4-3-5-8-17)19-10-11-20(35-24(26)27)21(13-19)36-25(28)29/h3-5,7-8,10-11,13-15,22,24-25H,6,9,12H2,1-2H3,(H,30,34). The molecule has 3 aromatic rings. The summed E-state index contributed by atoms with van der Waals surface area (Å²) in [5, 5.41) is 2.63. The average molecular weight is 507 g/mol. The van der Waals surface area contributed by atoms with Crippen LogP contribution in [0.4, 0.5) is 23.2 Å². The number of aromatic nitrogens is 2. The first kappa shape index (κ1) is 26.7. The SMILES string of the molecule is CNC(=O)C(c1ccccc1)N(CCCc1cnc(C)cn1)c1ccc(OC(F)F)c(OC(F)F)c1. The molecule has 192 valence electrons. The number of carbonyl (C=O) groups excluding carboxylic acids is 1. The molecule has 0 bridgehead atoms. The van der Waals surface area contributed by atoms with E-state index in [4.69, 9.17) is 0 Å². The van der Waals surface area contributed by atoms with Crippen molar-refractivity contribution in [3.63, 3.8) is 0 Å². The van der Waals surface area contributed by atoms with Crippen molar-refractivity contribution in [2.75, 3.05) is 18.5 Å². The molecule has 7 nitrogen and oxygen atoms in total. The number of rotatable bonds is 12. The molecular weight excluding hydrogens is 480 g/mol. The highest BCUT2D eigenvalue weighted by Gasteiger charge is 2.28. The van der Waals surface area contributed by atoms with Gasteiger partial charge in [-0.1, -0.05) is 30.3 Å². The molecule has 0 aliphatic rings. The Balaban J connectivity index is 2.00. The number of carbonyl (C=O) groups is 1. The van der Waals surface area contributed by atoms with E-state index in [1.54, 1.807) is 47.6 Å². The molecule has 1 heterocycles. The third-order valence-electron chi connectivity index (χ3n) is 5.28. The van der Waals surface area contributed by atoms with E-state index in [1.807, 2.05) is 6.92 Å². The van der Waals surface area contributed by atoms with Crippen molar-refractivity contribution in [3.05, 3.63) is 77.9 Å². The van der Waals surface area contributed by atoms with Gasteiger partial charge in [-0.2, -0.15) is 17.6 Å². The summed E-state index contributed by atoms with van der Waals surface area (Å²) in [5.74, 6) is -1.46. The Labute approximate surface area is 206 Å². The zero-order valence-electron chi connectivity index (χ0n) is 19.7. The summed E-state index contributed by atoms with van der Waals surface area (Å²) in [6, 6.07) is 11.7. The number of anilines is 1. The van der Waals surface area contributed by atoms with E-state index >= 15 is 0 Å². The number of alkyl halides is 4. The van der Waals surface area contributed by atoms with E-state index in [0.29, 0.717) is 30.6 Å². The number of aryl methyl sites for hydroxylation is 2. The van der Waals surface area contributed by atoms with Crippen LogP contribution < -0.4 is 19.7 Å². The van der Waals surface area contributed by atoms with E-state index in [9.17, 15) is 22.4 Å². The van der Waals surface area contributed by atoms with Crippen molar-refractivity contribution in [2.45, 2.75) is 39.0 Å². The van der Waals surface area contributed by atoms with Gasteiger partial charge in [-0.3, -0.25) is 14.8 Å². The summed E-state index contributed by atoms with van der Waals surface area (Å²) in [6.45, 7) is -4.37. The van der Waals surface area contributed by atoms with Crippen LogP contribution in [0.1, 0.15) is 29.4 Å². The summed E-state index contributed by atoms with van der Waals surface area (Å²) in [5.41, 5.74) is 2.48. The normalized spacial score (nSPS) is 11.9. The van der Waals surface area contributed by atoms with E-state index in [0.717, 1.165) is 23.5 Å². The zero-order valence-corrected chi connectivity index (χ0v) is 19.7. The number of likely N-dealkylation sites (N-methyl/N-ethyl adjacent to an activating group) is 1. The van der Waals surface area contributed by atoms with Gasteiger partial charge in [0.2, 0.25) is 5.91 Å². The van der Waals surface area contributed by atoms with Crippen molar-refractivity contribution in [1.82, 2.24) is 15.3 Å². The van der Waals surface area contributed by atoms with Crippen LogP contribution in [0, 0.1) is 6.92 Å². The van der Waals surface area contributed by atoms with E-state index < -0.39 is 30.8 Å². The van der Waals surface area contributed by atoms with Gasteiger partial charge >= 0.3 is 13.2 Å². The molecule has 0 aliphatic carbocycles. The van der Waals surface area contributed by atoms with Crippen LogP contribution in [0.2, 0.25) is 0 Å². The predicted octanol–water partition coefficient (Wildman–Crippen LogP) is 4.91. The monoisotopic (exact) mass is 506 g/mol. The highest BCUT2D eigenvalue weighted by atomic mass is 19.3. The second-order valence-electron chi connectivity index (χ2n) is 7.76. The van der Waals surface area contributed by atoms with Crippen molar-refractivity contribution >= 4 is 11.6 Å². The second-order valence-corrected chi connectivity index (χ2v) is 7.76. The Kier molecular flexibility index (Phi) is 9.43. The Morgan fingerprint density at radius 3 is 2.28 bits per heavy atom. The Morgan fingerprint density at radius 2 is 1.67 bits per heavy atom. The largest absolute Gasteiger partial charge is 0.431 e. The van der Waals surface area contributed by atoms with Gasteiger partial charge in [-0.15, -0.1) is 0 Å². The molecule has 0 spiro atoms. The van der Waals surface area contributed by atoms with Crippen LogP contribution in [-0.4, -0.2) is 42.7 Å². The molecule has 36 heavy (non-hydrogen) atoms. The highest BCUT2D eigenvalue weighted by Crippen LogP contribution is 2.37. The number of halogens is 4. The minimum atomic E-state index is -3.27. The zero-order chi connectivity index (χ0) is 26.1. The molecule has 11 heteroatoms. The molecule has 2 aromatic carbocycles. The number of benzene rings is 2. The maximum Gasteiger partial charge on any atom is 0.387 e. The molecule has 1 amide bonds. The van der Waals surface area contributed by atoms with Crippen molar-refractivity contribution in [2.24, 2.45) is 0 Å². The van der Waals surface area contributed by atoms with Crippen LogP contribution in [0.25, 0.3) is 0 Å². The minimum Gasteiger partial charge on any atom is -0.431 e. The van der Waals surface area contributed by atoms with Crippen LogP contribution >= 0.6 is 0 Å². The first-order chi connectivity index (χ1) is 17.3. The van der Waals surface area contributed by atoms with Crippen molar-refractivity contribution in [3.8, 4) is 11.5 Å². The topological polar surface area (TPSA) is 76.6 Å².